The third kappa shape index (κ3) is 7.29. The SMILES string of the molecule is O=C(CN1CCC(CN2Cc3ccccc3C2=O)CC1)c1ccc(F)c(F)c1.O=C(O)C=CC(=O)O. The molecule has 190 valence electrons. The predicted octanol–water partition coefficient (Wildman–Crippen LogP) is 3.23. The molecule has 2 aromatic carbocycles. The average Bonchev–Trinajstić information content (AvgIpc) is 3.16. The van der Waals surface area contributed by atoms with E-state index in [-0.39, 0.29) is 23.8 Å². The molecule has 0 aliphatic carbocycles. The molecular weight excluding hydrogens is 474 g/mol. The van der Waals surface area contributed by atoms with Crippen LogP contribution in [-0.4, -0.2) is 69.8 Å². The maximum absolute atomic E-state index is 13.3. The van der Waals surface area contributed by atoms with Crippen molar-refractivity contribution in [2.75, 3.05) is 26.2 Å². The number of amides is 1. The van der Waals surface area contributed by atoms with E-state index >= 15 is 0 Å². The molecule has 0 bridgehead atoms. The third-order valence-corrected chi connectivity index (χ3v) is 6.06. The Morgan fingerprint density at radius 1 is 0.944 bits per heavy atom. The van der Waals surface area contributed by atoms with Gasteiger partial charge in [0.1, 0.15) is 0 Å². The van der Waals surface area contributed by atoms with Gasteiger partial charge in [-0.2, -0.15) is 0 Å². The number of ketones is 1. The monoisotopic (exact) mass is 500 g/mol. The molecule has 2 aromatic rings. The Labute approximate surface area is 206 Å². The number of halogens is 2. The lowest BCUT2D eigenvalue weighted by Gasteiger charge is -2.33. The molecule has 0 aromatic heterocycles. The molecule has 10 heteroatoms. The molecule has 36 heavy (non-hydrogen) atoms. The summed E-state index contributed by atoms with van der Waals surface area (Å²) in [6.07, 6.45) is 2.93. The van der Waals surface area contributed by atoms with E-state index in [0.717, 1.165) is 55.7 Å². The van der Waals surface area contributed by atoms with Gasteiger partial charge in [0.2, 0.25) is 0 Å². The summed E-state index contributed by atoms with van der Waals surface area (Å²) >= 11 is 0. The highest BCUT2D eigenvalue weighted by Gasteiger charge is 2.30. The number of likely N-dealkylation sites (tertiary alicyclic amines) is 1. The number of carboxylic acids is 2. The Hall–Kier alpha value is -3.92. The number of carbonyl (C=O) groups is 4. The van der Waals surface area contributed by atoms with E-state index < -0.39 is 23.6 Å². The number of carboxylic acid groups (broad SMARTS) is 2. The number of rotatable bonds is 7. The fourth-order valence-corrected chi connectivity index (χ4v) is 4.21. The van der Waals surface area contributed by atoms with Gasteiger partial charge in [-0.05, 0) is 61.7 Å². The van der Waals surface area contributed by atoms with Gasteiger partial charge in [0.05, 0.1) is 6.54 Å². The zero-order valence-electron chi connectivity index (χ0n) is 19.4. The molecule has 1 amide bonds. The lowest BCUT2D eigenvalue weighted by atomic mass is 9.95. The minimum absolute atomic E-state index is 0.103. The maximum Gasteiger partial charge on any atom is 0.328 e. The molecule has 0 spiro atoms. The Morgan fingerprint density at radius 2 is 1.58 bits per heavy atom. The molecule has 2 N–H and O–H groups in total. The van der Waals surface area contributed by atoms with E-state index in [0.29, 0.717) is 24.6 Å². The standard InChI is InChI=1S/C22H22F2N2O2.C4H4O4/c23-19-6-5-16(11-20(19)24)21(27)14-25-9-7-15(8-10-25)12-26-13-17-3-1-2-4-18(17)22(26)28;5-3(6)1-2-4(7)8/h1-6,11,15H,7-10,12-14H2;1-2H,(H,5,6)(H,7,8). The zero-order chi connectivity index (χ0) is 26.2. The third-order valence-electron chi connectivity index (χ3n) is 6.06. The molecule has 8 nitrogen and oxygen atoms in total. The number of Topliss-reactive ketones (excluding diaryl/α,β-unsaturated/α-hetero) is 1. The molecule has 0 saturated carbocycles. The number of carbonyl (C=O) groups excluding carboxylic acids is 2. The first-order valence-corrected chi connectivity index (χ1v) is 11.4. The van der Waals surface area contributed by atoms with Crippen molar-refractivity contribution < 1.29 is 38.2 Å². The summed E-state index contributed by atoms with van der Waals surface area (Å²) in [5.41, 5.74) is 2.08. The predicted molar refractivity (Wildman–Crippen MR) is 125 cm³/mol. The van der Waals surface area contributed by atoms with Crippen molar-refractivity contribution >= 4 is 23.6 Å². The van der Waals surface area contributed by atoms with Crippen LogP contribution in [0.2, 0.25) is 0 Å². The fraction of sp³-hybridized carbons (Fsp3) is 0.308. The van der Waals surface area contributed by atoms with Crippen LogP contribution in [0.4, 0.5) is 8.78 Å². The van der Waals surface area contributed by atoms with Crippen LogP contribution in [0, 0.1) is 17.6 Å². The first-order valence-electron chi connectivity index (χ1n) is 11.4. The average molecular weight is 500 g/mol. The van der Waals surface area contributed by atoms with Crippen LogP contribution in [0.1, 0.15) is 39.1 Å². The van der Waals surface area contributed by atoms with E-state index in [9.17, 15) is 28.0 Å². The summed E-state index contributed by atoms with van der Waals surface area (Å²) in [5.74, 6) is -4.15. The van der Waals surface area contributed by atoms with Crippen LogP contribution in [-0.2, 0) is 16.1 Å². The number of nitrogens with zero attached hydrogens (tertiary/aromatic N) is 2. The summed E-state index contributed by atoms with van der Waals surface area (Å²) in [7, 11) is 0. The molecule has 0 unspecified atom stereocenters. The highest BCUT2D eigenvalue weighted by Crippen LogP contribution is 2.26. The topological polar surface area (TPSA) is 115 Å². The number of piperidine rings is 1. The quantitative estimate of drug-likeness (QED) is 0.443. The Bertz CT molecular complexity index is 1160. The van der Waals surface area contributed by atoms with Crippen molar-refractivity contribution in [3.63, 3.8) is 0 Å². The Morgan fingerprint density at radius 3 is 2.17 bits per heavy atom. The number of benzene rings is 2. The van der Waals surface area contributed by atoms with E-state index in [4.69, 9.17) is 10.2 Å². The van der Waals surface area contributed by atoms with Gasteiger partial charge in [0.15, 0.2) is 17.4 Å². The van der Waals surface area contributed by atoms with Crippen molar-refractivity contribution in [3.8, 4) is 0 Å². The van der Waals surface area contributed by atoms with E-state index in [2.05, 4.69) is 0 Å². The van der Waals surface area contributed by atoms with Gasteiger partial charge < -0.3 is 15.1 Å². The highest BCUT2D eigenvalue weighted by atomic mass is 19.2. The molecule has 2 aliphatic rings. The van der Waals surface area contributed by atoms with Crippen molar-refractivity contribution in [3.05, 3.63) is 82.9 Å². The van der Waals surface area contributed by atoms with Gasteiger partial charge in [-0.3, -0.25) is 14.5 Å². The van der Waals surface area contributed by atoms with E-state index in [1.165, 1.54) is 6.07 Å². The molecule has 1 fully saturated rings. The maximum atomic E-state index is 13.3. The second-order valence-electron chi connectivity index (χ2n) is 8.62. The van der Waals surface area contributed by atoms with E-state index in [1.807, 2.05) is 34.1 Å². The summed E-state index contributed by atoms with van der Waals surface area (Å²) < 4.78 is 26.3. The van der Waals surface area contributed by atoms with Crippen LogP contribution in [0.25, 0.3) is 0 Å². The molecular formula is C26H26F2N2O6. The van der Waals surface area contributed by atoms with E-state index in [1.54, 1.807) is 0 Å². The molecule has 0 radical (unpaired) electrons. The highest BCUT2D eigenvalue weighted by molar-refractivity contribution is 5.98. The Kier molecular flexibility index (Phi) is 9.02. The summed E-state index contributed by atoms with van der Waals surface area (Å²) in [6.45, 7) is 3.12. The first-order chi connectivity index (χ1) is 17.1. The van der Waals surface area contributed by atoms with Crippen molar-refractivity contribution in [1.29, 1.82) is 0 Å². The van der Waals surface area contributed by atoms with Crippen LogP contribution in [0.3, 0.4) is 0 Å². The largest absolute Gasteiger partial charge is 0.478 e. The van der Waals surface area contributed by atoms with Gasteiger partial charge in [-0.1, -0.05) is 18.2 Å². The van der Waals surface area contributed by atoms with Crippen molar-refractivity contribution in [1.82, 2.24) is 9.80 Å². The summed E-state index contributed by atoms with van der Waals surface area (Å²) in [5, 5.41) is 15.6. The van der Waals surface area contributed by atoms with Crippen LogP contribution < -0.4 is 0 Å². The molecule has 4 rings (SSSR count). The van der Waals surface area contributed by atoms with Gasteiger partial charge in [-0.15, -0.1) is 0 Å². The van der Waals surface area contributed by atoms with Crippen molar-refractivity contribution in [2.45, 2.75) is 19.4 Å². The minimum Gasteiger partial charge on any atom is -0.478 e. The first kappa shape index (κ1) is 26.7. The second-order valence-corrected chi connectivity index (χ2v) is 8.62. The normalized spacial score (nSPS) is 15.9. The second kappa shape index (κ2) is 12.2. The van der Waals surface area contributed by atoms with Crippen molar-refractivity contribution in [2.24, 2.45) is 5.92 Å². The minimum atomic E-state index is -1.26. The fourth-order valence-electron chi connectivity index (χ4n) is 4.21. The zero-order valence-corrected chi connectivity index (χ0v) is 19.4. The molecule has 0 atom stereocenters. The lowest BCUT2D eigenvalue weighted by molar-refractivity contribution is -0.134. The van der Waals surface area contributed by atoms with Gasteiger partial charge >= 0.3 is 11.9 Å². The van der Waals surface area contributed by atoms with Gasteiger partial charge in [-0.25, -0.2) is 18.4 Å². The number of hydrogen-bond acceptors (Lipinski definition) is 5. The summed E-state index contributed by atoms with van der Waals surface area (Å²) in [4.78, 5) is 47.9. The van der Waals surface area contributed by atoms with Gasteiger partial charge in [0.25, 0.3) is 5.91 Å². The van der Waals surface area contributed by atoms with Crippen LogP contribution in [0.15, 0.2) is 54.6 Å². The van der Waals surface area contributed by atoms with Gasteiger partial charge in [0, 0.05) is 36.4 Å². The summed E-state index contributed by atoms with van der Waals surface area (Å²) in [6, 6.07) is 11.0. The number of aliphatic carboxylic acids is 2. The molecule has 2 heterocycles. The lowest BCUT2D eigenvalue weighted by Crippen LogP contribution is -2.41. The number of hydrogen-bond donors (Lipinski definition) is 2. The smallest absolute Gasteiger partial charge is 0.328 e. The number of fused-ring (bicyclic) bond motifs is 1. The molecule has 1 saturated heterocycles. The molecule has 2 aliphatic heterocycles. The van der Waals surface area contributed by atoms with Crippen LogP contribution in [0.5, 0.6) is 0 Å². The van der Waals surface area contributed by atoms with Crippen LogP contribution >= 0.6 is 0 Å². The Balaban J connectivity index is 0.000000392.